The first-order chi connectivity index (χ1) is 10.4. The Hall–Kier alpha value is -1.96. The molecule has 1 aromatic carbocycles. The highest BCUT2D eigenvalue weighted by molar-refractivity contribution is 5.77. The number of para-hydroxylation sites is 2. The van der Waals surface area contributed by atoms with Crippen LogP contribution in [-0.2, 0) is 4.79 Å². The van der Waals surface area contributed by atoms with Crippen LogP contribution in [0.3, 0.4) is 0 Å². The molecule has 0 radical (unpaired) electrons. The molecular weight excluding hydrogens is 301 g/mol. The predicted molar refractivity (Wildman–Crippen MR) is 72.9 cm³/mol. The summed E-state index contributed by atoms with van der Waals surface area (Å²) in [6, 6.07) is 5.93. The monoisotopic (exact) mass is 318 g/mol. The van der Waals surface area contributed by atoms with Crippen LogP contribution in [-0.4, -0.2) is 44.9 Å². The second kappa shape index (κ2) is 7.35. The van der Waals surface area contributed by atoms with Crippen molar-refractivity contribution in [2.45, 2.75) is 6.18 Å². The third-order valence-corrected chi connectivity index (χ3v) is 3.05. The lowest BCUT2D eigenvalue weighted by molar-refractivity contribution is -0.153. The SMILES string of the molecule is O=C(COc1ccccc1OCC(F)(F)F)NCC1CNC1. The lowest BCUT2D eigenvalue weighted by Gasteiger charge is -2.27. The van der Waals surface area contributed by atoms with Gasteiger partial charge in [0.05, 0.1) is 0 Å². The van der Waals surface area contributed by atoms with Crippen molar-refractivity contribution in [3.63, 3.8) is 0 Å². The number of hydrogen-bond donors (Lipinski definition) is 2. The Bertz CT molecular complexity index is 504. The minimum atomic E-state index is -4.43. The van der Waals surface area contributed by atoms with E-state index in [9.17, 15) is 18.0 Å². The number of halogens is 3. The third-order valence-electron chi connectivity index (χ3n) is 3.05. The van der Waals surface area contributed by atoms with Gasteiger partial charge < -0.3 is 20.1 Å². The third kappa shape index (κ3) is 5.44. The Kier molecular flexibility index (Phi) is 5.48. The van der Waals surface area contributed by atoms with Crippen LogP contribution in [0.15, 0.2) is 24.3 Å². The Balaban J connectivity index is 1.79. The second-order valence-electron chi connectivity index (χ2n) is 4.97. The van der Waals surface area contributed by atoms with Gasteiger partial charge in [-0.1, -0.05) is 12.1 Å². The first-order valence-electron chi connectivity index (χ1n) is 6.83. The number of carbonyl (C=O) groups is 1. The van der Waals surface area contributed by atoms with E-state index >= 15 is 0 Å². The van der Waals surface area contributed by atoms with Gasteiger partial charge in [0, 0.05) is 25.6 Å². The van der Waals surface area contributed by atoms with Crippen molar-refractivity contribution in [1.29, 1.82) is 0 Å². The standard InChI is InChI=1S/C14H17F3N2O3/c15-14(16,17)9-22-12-4-2-1-3-11(12)21-8-13(20)19-7-10-5-18-6-10/h1-4,10,18H,5-9H2,(H,19,20). The smallest absolute Gasteiger partial charge is 0.422 e. The molecule has 1 fully saturated rings. The summed E-state index contributed by atoms with van der Waals surface area (Å²) >= 11 is 0. The highest BCUT2D eigenvalue weighted by Crippen LogP contribution is 2.28. The molecule has 2 rings (SSSR count). The molecular formula is C14H17F3N2O3. The highest BCUT2D eigenvalue weighted by atomic mass is 19.4. The van der Waals surface area contributed by atoms with Crippen LogP contribution >= 0.6 is 0 Å². The normalized spacial score (nSPS) is 15.0. The number of carbonyl (C=O) groups excluding carboxylic acids is 1. The fourth-order valence-corrected chi connectivity index (χ4v) is 1.79. The lowest BCUT2D eigenvalue weighted by atomic mass is 10.0. The van der Waals surface area contributed by atoms with Gasteiger partial charge in [-0.05, 0) is 12.1 Å². The van der Waals surface area contributed by atoms with Crippen molar-refractivity contribution in [3.8, 4) is 11.5 Å². The molecule has 1 aliphatic heterocycles. The fourth-order valence-electron chi connectivity index (χ4n) is 1.79. The first kappa shape index (κ1) is 16.4. The number of amides is 1. The minimum absolute atomic E-state index is 0.0455. The molecule has 22 heavy (non-hydrogen) atoms. The van der Waals surface area contributed by atoms with E-state index in [1.807, 2.05) is 0 Å². The first-order valence-corrected chi connectivity index (χ1v) is 6.83. The molecule has 0 saturated carbocycles. The summed E-state index contributed by atoms with van der Waals surface area (Å²) in [7, 11) is 0. The summed E-state index contributed by atoms with van der Waals surface area (Å²) in [5.74, 6) is 0.159. The zero-order valence-corrected chi connectivity index (χ0v) is 11.8. The largest absolute Gasteiger partial charge is 0.480 e. The van der Waals surface area contributed by atoms with Crippen LogP contribution in [0, 0.1) is 5.92 Å². The molecule has 2 N–H and O–H groups in total. The molecule has 5 nitrogen and oxygen atoms in total. The van der Waals surface area contributed by atoms with Gasteiger partial charge in [0.25, 0.3) is 5.91 Å². The maximum atomic E-state index is 12.2. The molecule has 1 saturated heterocycles. The Labute approximate surface area is 125 Å². The number of hydrogen-bond acceptors (Lipinski definition) is 4. The van der Waals surface area contributed by atoms with Crippen LogP contribution < -0.4 is 20.1 Å². The zero-order valence-electron chi connectivity index (χ0n) is 11.8. The predicted octanol–water partition coefficient (Wildman–Crippen LogP) is 1.34. The molecule has 0 aliphatic carbocycles. The van der Waals surface area contributed by atoms with E-state index in [-0.39, 0.29) is 24.0 Å². The average Bonchev–Trinajstić information content (AvgIpc) is 2.41. The molecule has 0 unspecified atom stereocenters. The summed E-state index contributed by atoms with van der Waals surface area (Å²) in [6.45, 7) is 0.618. The van der Waals surface area contributed by atoms with Gasteiger partial charge in [-0.3, -0.25) is 4.79 Å². The topological polar surface area (TPSA) is 59.6 Å². The molecule has 0 aromatic heterocycles. The van der Waals surface area contributed by atoms with Crippen molar-refractivity contribution in [2.75, 3.05) is 32.8 Å². The van der Waals surface area contributed by atoms with Crippen molar-refractivity contribution in [1.82, 2.24) is 10.6 Å². The molecule has 122 valence electrons. The van der Waals surface area contributed by atoms with Gasteiger partial charge in [0.2, 0.25) is 0 Å². The maximum absolute atomic E-state index is 12.2. The molecule has 1 aliphatic rings. The van der Waals surface area contributed by atoms with Crippen LogP contribution in [0.1, 0.15) is 0 Å². The van der Waals surface area contributed by atoms with E-state index in [4.69, 9.17) is 4.74 Å². The quantitative estimate of drug-likeness (QED) is 0.797. The Morgan fingerprint density at radius 1 is 1.23 bits per heavy atom. The summed E-state index contributed by atoms with van der Waals surface area (Å²) in [4.78, 5) is 11.6. The van der Waals surface area contributed by atoms with E-state index < -0.39 is 12.8 Å². The molecule has 0 atom stereocenters. The van der Waals surface area contributed by atoms with E-state index in [0.717, 1.165) is 13.1 Å². The Morgan fingerprint density at radius 3 is 2.41 bits per heavy atom. The van der Waals surface area contributed by atoms with E-state index in [1.165, 1.54) is 18.2 Å². The molecule has 8 heteroatoms. The molecule has 1 amide bonds. The lowest BCUT2D eigenvalue weighted by Crippen LogP contribution is -2.48. The summed E-state index contributed by atoms with van der Waals surface area (Å²) in [5, 5.41) is 5.79. The van der Waals surface area contributed by atoms with Crippen molar-refractivity contribution < 1.29 is 27.4 Å². The highest BCUT2D eigenvalue weighted by Gasteiger charge is 2.29. The van der Waals surface area contributed by atoms with Gasteiger partial charge in [0.15, 0.2) is 24.7 Å². The molecule has 0 spiro atoms. The zero-order chi connectivity index (χ0) is 16.0. The Morgan fingerprint density at radius 2 is 1.86 bits per heavy atom. The van der Waals surface area contributed by atoms with Gasteiger partial charge >= 0.3 is 6.18 Å². The maximum Gasteiger partial charge on any atom is 0.422 e. The van der Waals surface area contributed by atoms with E-state index in [0.29, 0.717) is 12.5 Å². The van der Waals surface area contributed by atoms with E-state index in [1.54, 1.807) is 6.07 Å². The van der Waals surface area contributed by atoms with Crippen molar-refractivity contribution >= 4 is 5.91 Å². The van der Waals surface area contributed by atoms with Gasteiger partial charge in [-0.2, -0.15) is 13.2 Å². The van der Waals surface area contributed by atoms with Crippen LogP contribution in [0.5, 0.6) is 11.5 Å². The number of rotatable bonds is 7. The average molecular weight is 318 g/mol. The van der Waals surface area contributed by atoms with Crippen LogP contribution in [0.25, 0.3) is 0 Å². The van der Waals surface area contributed by atoms with Gasteiger partial charge in [-0.25, -0.2) is 0 Å². The minimum Gasteiger partial charge on any atom is -0.480 e. The number of nitrogens with one attached hydrogen (secondary N) is 2. The van der Waals surface area contributed by atoms with Crippen molar-refractivity contribution in [2.24, 2.45) is 5.92 Å². The van der Waals surface area contributed by atoms with Crippen LogP contribution in [0.2, 0.25) is 0 Å². The number of ether oxygens (including phenoxy) is 2. The summed E-state index contributed by atoms with van der Waals surface area (Å²) in [6.07, 6.45) is -4.43. The summed E-state index contributed by atoms with van der Waals surface area (Å²) in [5.41, 5.74) is 0. The van der Waals surface area contributed by atoms with E-state index in [2.05, 4.69) is 15.4 Å². The number of alkyl halides is 3. The number of benzene rings is 1. The molecule has 0 bridgehead atoms. The molecule has 1 heterocycles. The second-order valence-corrected chi connectivity index (χ2v) is 4.97. The summed E-state index contributed by atoms with van der Waals surface area (Å²) < 4.78 is 46.4. The molecule has 1 aromatic rings. The van der Waals surface area contributed by atoms with Gasteiger partial charge in [0.1, 0.15) is 0 Å². The van der Waals surface area contributed by atoms with Gasteiger partial charge in [-0.15, -0.1) is 0 Å². The fraction of sp³-hybridized carbons (Fsp3) is 0.500. The van der Waals surface area contributed by atoms with Crippen LogP contribution in [0.4, 0.5) is 13.2 Å². The van der Waals surface area contributed by atoms with Crippen molar-refractivity contribution in [3.05, 3.63) is 24.3 Å².